The first-order valence-corrected chi connectivity index (χ1v) is 7.60. The third kappa shape index (κ3) is 2.78. The summed E-state index contributed by atoms with van der Waals surface area (Å²) in [4.78, 5) is 36.3. The number of methoxy groups -OCH3 is 2. The summed E-state index contributed by atoms with van der Waals surface area (Å²) in [5.74, 6) is -1.58. The molecule has 0 saturated heterocycles. The Morgan fingerprint density at radius 1 is 1.13 bits per heavy atom. The lowest BCUT2D eigenvalue weighted by molar-refractivity contribution is -0.172. The highest BCUT2D eigenvalue weighted by Crippen LogP contribution is 2.56. The molecule has 0 aromatic heterocycles. The van der Waals surface area contributed by atoms with Gasteiger partial charge in [0.25, 0.3) is 0 Å². The molecule has 2 aliphatic carbocycles. The van der Waals surface area contributed by atoms with Gasteiger partial charge in [0.2, 0.25) is 0 Å². The van der Waals surface area contributed by atoms with Crippen LogP contribution < -0.4 is 0 Å². The summed E-state index contributed by atoms with van der Waals surface area (Å²) >= 11 is 0. The van der Waals surface area contributed by atoms with Crippen molar-refractivity contribution in [2.75, 3.05) is 14.2 Å². The molecule has 2 rings (SSSR count). The fourth-order valence-electron chi connectivity index (χ4n) is 3.83. The van der Waals surface area contributed by atoms with Crippen LogP contribution in [0.15, 0.2) is 23.5 Å². The third-order valence-electron chi connectivity index (χ3n) is 4.77. The number of ether oxygens (including phenoxy) is 3. The van der Waals surface area contributed by atoms with Crippen LogP contribution in [0.4, 0.5) is 0 Å². The van der Waals surface area contributed by atoms with E-state index in [4.69, 9.17) is 14.2 Å². The standard InChI is InChI=1S/C17H22O6/c1-10(23-11(2)18)13-9-17(15(19)21-3,16(20)22-4)14-8-6-5-7-12(13)14/h5,7,12,14H,6,8-9H2,1-4H3/b13-10+/t12-,14-/m1/s1. The van der Waals surface area contributed by atoms with Gasteiger partial charge in [-0.2, -0.15) is 0 Å². The van der Waals surface area contributed by atoms with Crippen molar-refractivity contribution in [3.05, 3.63) is 23.5 Å². The van der Waals surface area contributed by atoms with Crippen molar-refractivity contribution in [3.8, 4) is 0 Å². The first-order chi connectivity index (χ1) is 10.9. The van der Waals surface area contributed by atoms with Crippen LogP contribution in [0, 0.1) is 17.3 Å². The molecule has 0 radical (unpaired) electrons. The minimum Gasteiger partial charge on any atom is -0.468 e. The number of carbonyl (C=O) groups is 3. The molecule has 0 heterocycles. The van der Waals surface area contributed by atoms with Crippen LogP contribution in [0.25, 0.3) is 0 Å². The zero-order valence-corrected chi connectivity index (χ0v) is 13.9. The lowest BCUT2D eigenvalue weighted by Crippen LogP contribution is -2.45. The van der Waals surface area contributed by atoms with Gasteiger partial charge < -0.3 is 14.2 Å². The predicted octanol–water partition coefficient (Wildman–Crippen LogP) is 2.14. The van der Waals surface area contributed by atoms with Gasteiger partial charge >= 0.3 is 17.9 Å². The van der Waals surface area contributed by atoms with E-state index in [1.165, 1.54) is 21.1 Å². The zero-order chi connectivity index (χ0) is 17.2. The van der Waals surface area contributed by atoms with E-state index in [0.29, 0.717) is 12.2 Å². The molecule has 0 amide bonds. The Hall–Kier alpha value is -2.11. The summed E-state index contributed by atoms with van der Waals surface area (Å²) in [5.41, 5.74) is -0.604. The monoisotopic (exact) mass is 322 g/mol. The van der Waals surface area contributed by atoms with E-state index in [-0.39, 0.29) is 18.3 Å². The minimum absolute atomic E-state index is 0.138. The first kappa shape index (κ1) is 17.2. The summed E-state index contributed by atoms with van der Waals surface area (Å²) in [7, 11) is 2.53. The van der Waals surface area contributed by atoms with E-state index in [1.807, 2.05) is 12.2 Å². The summed E-state index contributed by atoms with van der Waals surface area (Å²) in [6.07, 6.45) is 5.58. The van der Waals surface area contributed by atoms with E-state index in [0.717, 1.165) is 12.0 Å². The quantitative estimate of drug-likeness (QED) is 0.260. The summed E-state index contributed by atoms with van der Waals surface area (Å²) in [6, 6.07) is 0. The van der Waals surface area contributed by atoms with Crippen LogP contribution in [-0.4, -0.2) is 32.1 Å². The van der Waals surface area contributed by atoms with Gasteiger partial charge in [-0.1, -0.05) is 12.2 Å². The normalized spacial score (nSPS) is 27.0. The number of allylic oxidation sites excluding steroid dienone is 4. The van der Waals surface area contributed by atoms with Crippen LogP contribution in [0.2, 0.25) is 0 Å². The third-order valence-corrected chi connectivity index (χ3v) is 4.77. The van der Waals surface area contributed by atoms with Crippen molar-refractivity contribution < 1.29 is 28.6 Å². The van der Waals surface area contributed by atoms with Crippen molar-refractivity contribution >= 4 is 17.9 Å². The topological polar surface area (TPSA) is 78.9 Å². The molecule has 0 aromatic rings. The number of hydrogen-bond acceptors (Lipinski definition) is 6. The highest BCUT2D eigenvalue weighted by molar-refractivity contribution is 6.01. The minimum atomic E-state index is -1.38. The Labute approximate surface area is 135 Å². The van der Waals surface area contributed by atoms with E-state index in [1.54, 1.807) is 6.92 Å². The number of rotatable bonds is 3. The number of fused-ring (bicyclic) bond motifs is 1. The highest BCUT2D eigenvalue weighted by Gasteiger charge is 2.62. The lowest BCUT2D eigenvalue weighted by Gasteiger charge is -2.32. The van der Waals surface area contributed by atoms with Crippen LogP contribution in [0.5, 0.6) is 0 Å². The maximum absolute atomic E-state index is 12.5. The predicted molar refractivity (Wildman–Crippen MR) is 80.9 cm³/mol. The summed E-state index contributed by atoms with van der Waals surface area (Å²) in [6.45, 7) is 3.00. The largest absolute Gasteiger partial charge is 0.468 e. The summed E-state index contributed by atoms with van der Waals surface area (Å²) < 4.78 is 15.1. The van der Waals surface area contributed by atoms with E-state index >= 15 is 0 Å². The molecular formula is C17H22O6. The van der Waals surface area contributed by atoms with Crippen LogP contribution >= 0.6 is 0 Å². The van der Waals surface area contributed by atoms with E-state index in [2.05, 4.69) is 0 Å². The molecule has 2 aliphatic rings. The van der Waals surface area contributed by atoms with E-state index < -0.39 is 23.3 Å². The Balaban J connectivity index is 2.57. The fraction of sp³-hybridized carbons (Fsp3) is 0.588. The highest BCUT2D eigenvalue weighted by atomic mass is 16.5. The first-order valence-electron chi connectivity index (χ1n) is 7.60. The molecule has 0 N–H and O–H groups in total. The van der Waals surface area contributed by atoms with Crippen molar-refractivity contribution in [1.29, 1.82) is 0 Å². The fourth-order valence-corrected chi connectivity index (χ4v) is 3.83. The Morgan fingerprint density at radius 2 is 1.74 bits per heavy atom. The number of hydrogen-bond donors (Lipinski definition) is 0. The van der Waals surface area contributed by atoms with Crippen molar-refractivity contribution in [2.45, 2.75) is 33.1 Å². The second-order valence-corrected chi connectivity index (χ2v) is 5.94. The molecule has 6 heteroatoms. The second-order valence-electron chi connectivity index (χ2n) is 5.94. The molecule has 1 fully saturated rings. The average molecular weight is 322 g/mol. The molecule has 0 bridgehead atoms. The Bertz CT molecular complexity index is 570. The van der Waals surface area contributed by atoms with Gasteiger partial charge in [-0.15, -0.1) is 0 Å². The molecule has 1 saturated carbocycles. The van der Waals surface area contributed by atoms with Crippen LogP contribution in [0.1, 0.15) is 33.1 Å². The van der Waals surface area contributed by atoms with Gasteiger partial charge in [-0.25, -0.2) is 0 Å². The zero-order valence-electron chi connectivity index (χ0n) is 13.9. The molecule has 126 valence electrons. The average Bonchev–Trinajstić information content (AvgIpc) is 2.89. The molecule has 23 heavy (non-hydrogen) atoms. The maximum atomic E-state index is 12.5. The molecule has 0 aromatic carbocycles. The molecule has 0 unspecified atom stereocenters. The van der Waals surface area contributed by atoms with Crippen molar-refractivity contribution in [1.82, 2.24) is 0 Å². The molecule has 6 nitrogen and oxygen atoms in total. The van der Waals surface area contributed by atoms with Crippen molar-refractivity contribution in [2.24, 2.45) is 17.3 Å². The van der Waals surface area contributed by atoms with Gasteiger partial charge in [-0.05, 0) is 37.7 Å². The van der Waals surface area contributed by atoms with Gasteiger partial charge in [0.1, 0.15) is 5.76 Å². The van der Waals surface area contributed by atoms with E-state index in [9.17, 15) is 14.4 Å². The summed E-state index contributed by atoms with van der Waals surface area (Å²) in [5, 5.41) is 0. The number of esters is 3. The van der Waals surface area contributed by atoms with Crippen molar-refractivity contribution in [3.63, 3.8) is 0 Å². The van der Waals surface area contributed by atoms with Gasteiger partial charge in [0, 0.05) is 12.8 Å². The Kier molecular flexibility index (Phi) is 4.92. The number of carbonyl (C=O) groups excluding carboxylic acids is 3. The van der Waals surface area contributed by atoms with Gasteiger partial charge in [-0.3, -0.25) is 14.4 Å². The van der Waals surface area contributed by atoms with Gasteiger partial charge in [0.05, 0.1) is 14.2 Å². The SMILES string of the molecule is COC(=O)C1(C(=O)OC)C/C(=C(/C)OC(C)=O)[C@H]2C=CCC[C@H]21. The molecular weight excluding hydrogens is 300 g/mol. The maximum Gasteiger partial charge on any atom is 0.323 e. The van der Waals surface area contributed by atoms with Gasteiger partial charge in [0.15, 0.2) is 5.41 Å². The lowest BCUT2D eigenvalue weighted by atomic mass is 9.71. The molecule has 0 aliphatic heterocycles. The molecule has 0 spiro atoms. The molecule has 2 atom stereocenters. The second kappa shape index (κ2) is 6.56. The Morgan fingerprint density at radius 3 is 2.26 bits per heavy atom. The van der Waals surface area contributed by atoms with Crippen LogP contribution in [-0.2, 0) is 28.6 Å². The smallest absolute Gasteiger partial charge is 0.323 e. The van der Waals surface area contributed by atoms with Crippen LogP contribution in [0.3, 0.4) is 0 Å².